The van der Waals surface area contributed by atoms with Crippen molar-refractivity contribution < 1.29 is 0 Å². The zero-order valence-electron chi connectivity index (χ0n) is 9.22. The molecule has 0 saturated heterocycles. The van der Waals surface area contributed by atoms with Gasteiger partial charge in [0.2, 0.25) is 0 Å². The molecule has 0 bridgehead atoms. The Morgan fingerprint density at radius 1 is 0.812 bits per heavy atom. The first-order valence-corrected chi connectivity index (χ1v) is 5.86. The highest BCUT2D eigenvalue weighted by molar-refractivity contribution is 6.34. The fourth-order valence-electron chi connectivity index (χ4n) is 1.73. The third kappa shape index (κ3) is 2.23. The van der Waals surface area contributed by atoms with Gasteiger partial charge >= 0.3 is 0 Å². The summed E-state index contributed by atoms with van der Waals surface area (Å²) in [5, 5.41) is 1.49. The zero-order valence-corrected chi connectivity index (χ0v) is 10.7. The van der Waals surface area contributed by atoms with Crippen molar-refractivity contribution in [2.24, 2.45) is 0 Å². The molecule has 0 aliphatic rings. The van der Waals surface area contributed by atoms with E-state index in [1.807, 2.05) is 30.3 Å². The van der Waals surface area contributed by atoms with Crippen molar-refractivity contribution in [1.82, 2.24) is 0 Å². The predicted octanol–water partition coefficient (Wildman–Crippen LogP) is 5.28. The molecule has 2 rings (SSSR count). The van der Waals surface area contributed by atoms with Crippen LogP contribution in [0.3, 0.4) is 0 Å². The Balaban J connectivity index is 2.66. The molecule has 0 amide bonds. The lowest BCUT2D eigenvalue weighted by Crippen LogP contribution is -1.85. The molecule has 0 aromatic heterocycles. The Labute approximate surface area is 106 Å². The van der Waals surface area contributed by atoms with Gasteiger partial charge in [-0.1, -0.05) is 40.9 Å². The second-order valence-electron chi connectivity index (χ2n) is 3.94. The van der Waals surface area contributed by atoms with Gasteiger partial charge in [-0.15, -0.1) is 0 Å². The van der Waals surface area contributed by atoms with E-state index in [0.717, 1.165) is 21.2 Å². The molecule has 0 nitrogen and oxygen atoms in total. The maximum atomic E-state index is 6.21. The van der Waals surface area contributed by atoms with Crippen LogP contribution < -0.4 is 0 Å². The minimum Gasteiger partial charge on any atom is -0.0843 e. The van der Waals surface area contributed by atoms with Crippen molar-refractivity contribution >= 4 is 23.2 Å². The minimum absolute atomic E-state index is 0.734. The van der Waals surface area contributed by atoms with Crippen molar-refractivity contribution in [2.75, 3.05) is 0 Å². The third-order valence-corrected chi connectivity index (χ3v) is 3.18. The molecule has 2 aromatic carbocycles. The Morgan fingerprint density at radius 3 is 2.31 bits per heavy atom. The average molecular weight is 251 g/mol. The number of hydrogen-bond acceptors (Lipinski definition) is 0. The van der Waals surface area contributed by atoms with Gasteiger partial charge in [-0.25, -0.2) is 0 Å². The van der Waals surface area contributed by atoms with Crippen LogP contribution in [-0.4, -0.2) is 0 Å². The fourth-order valence-corrected chi connectivity index (χ4v) is 2.12. The molecule has 0 saturated carbocycles. The van der Waals surface area contributed by atoms with Crippen LogP contribution in [0.15, 0.2) is 36.4 Å². The average Bonchev–Trinajstić information content (AvgIpc) is 2.25. The summed E-state index contributed by atoms with van der Waals surface area (Å²) in [7, 11) is 0. The lowest BCUT2D eigenvalue weighted by Gasteiger charge is -2.09. The first kappa shape index (κ1) is 11.5. The van der Waals surface area contributed by atoms with E-state index in [4.69, 9.17) is 23.2 Å². The monoisotopic (exact) mass is 250 g/mol. The SMILES string of the molecule is Cc1ccc(Cl)c(-c2cc(Cl)ccc2C)c1. The lowest BCUT2D eigenvalue weighted by atomic mass is 9.99. The van der Waals surface area contributed by atoms with Gasteiger partial charge in [0.1, 0.15) is 0 Å². The summed E-state index contributed by atoms with van der Waals surface area (Å²) in [5.74, 6) is 0. The Morgan fingerprint density at radius 2 is 1.56 bits per heavy atom. The third-order valence-electron chi connectivity index (χ3n) is 2.61. The van der Waals surface area contributed by atoms with E-state index < -0.39 is 0 Å². The maximum absolute atomic E-state index is 6.21. The number of aryl methyl sites for hydroxylation is 2. The van der Waals surface area contributed by atoms with Crippen LogP contribution in [0.1, 0.15) is 11.1 Å². The summed E-state index contributed by atoms with van der Waals surface area (Å²) in [5.41, 5.74) is 4.51. The van der Waals surface area contributed by atoms with Gasteiger partial charge in [-0.2, -0.15) is 0 Å². The molecule has 0 spiro atoms. The summed E-state index contributed by atoms with van der Waals surface area (Å²) < 4.78 is 0. The molecule has 0 fully saturated rings. The van der Waals surface area contributed by atoms with E-state index in [-0.39, 0.29) is 0 Å². The Bertz CT molecular complexity index is 481. The van der Waals surface area contributed by atoms with E-state index >= 15 is 0 Å². The van der Waals surface area contributed by atoms with E-state index in [9.17, 15) is 0 Å². The van der Waals surface area contributed by atoms with Crippen molar-refractivity contribution in [3.8, 4) is 11.1 Å². The van der Waals surface area contributed by atoms with Crippen LogP contribution in [0.2, 0.25) is 10.0 Å². The fraction of sp³-hybridized carbons (Fsp3) is 0.143. The summed E-state index contributed by atoms with van der Waals surface area (Å²) in [6.07, 6.45) is 0. The van der Waals surface area contributed by atoms with Crippen LogP contribution in [0.4, 0.5) is 0 Å². The minimum atomic E-state index is 0.734. The van der Waals surface area contributed by atoms with E-state index in [1.165, 1.54) is 11.1 Å². The first-order chi connectivity index (χ1) is 7.58. The second-order valence-corrected chi connectivity index (χ2v) is 4.79. The molecular weight excluding hydrogens is 239 g/mol. The van der Waals surface area contributed by atoms with E-state index in [2.05, 4.69) is 19.9 Å². The molecule has 0 heterocycles. The predicted molar refractivity (Wildman–Crippen MR) is 71.4 cm³/mol. The van der Waals surface area contributed by atoms with Crippen molar-refractivity contribution in [3.05, 3.63) is 57.6 Å². The summed E-state index contributed by atoms with van der Waals surface area (Å²) >= 11 is 12.2. The Kier molecular flexibility index (Phi) is 3.22. The van der Waals surface area contributed by atoms with Crippen LogP contribution in [-0.2, 0) is 0 Å². The number of benzene rings is 2. The molecule has 0 N–H and O–H groups in total. The van der Waals surface area contributed by atoms with Gasteiger partial charge in [-0.05, 0) is 49.2 Å². The number of rotatable bonds is 1. The molecule has 0 atom stereocenters. The molecular formula is C14H12Cl2. The number of halogens is 2. The van der Waals surface area contributed by atoms with Crippen LogP contribution >= 0.6 is 23.2 Å². The van der Waals surface area contributed by atoms with Gasteiger partial charge in [0.15, 0.2) is 0 Å². The van der Waals surface area contributed by atoms with Crippen molar-refractivity contribution in [2.45, 2.75) is 13.8 Å². The standard InChI is InChI=1S/C14H12Cl2/c1-9-3-6-14(16)13(7-9)12-8-11(15)5-4-10(12)2/h3-8H,1-2H3. The van der Waals surface area contributed by atoms with E-state index in [1.54, 1.807) is 0 Å². The highest BCUT2D eigenvalue weighted by atomic mass is 35.5. The quantitative estimate of drug-likeness (QED) is 0.647. The summed E-state index contributed by atoms with van der Waals surface area (Å²) in [4.78, 5) is 0. The second kappa shape index (κ2) is 4.48. The van der Waals surface area contributed by atoms with E-state index in [0.29, 0.717) is 0 Å². The zero-order chi connectivity index (χ0) is 11.7. The van der Waals surface area contributed by atoms with Crippen molar-refractivity contribution in [3.63, 3.8) is 0 Å². The molecule has 0 radical (unpaired) electrons. The topological polar surface area (TPSA) is 0 Å². The highest BCUT2D eigenvalue weighted by Crippen LogP contribution is 2.32. The van der Waals surface area contributed by atoms with Crippen LogP contribution in [0, 0.1) is 13.8 Å². The molecule has 2 aromatic rings. The van der Waals surface area contributed by atoms with Crippen LogP contribution in [0.5, 0.6) is 0 Å². The van der Waals surface area contributed by atoms with Gasteiger partial charge < -0.3 is 0 Å². The Hall–Kier alpha value is -0.980. The van der Waals surface area contributed by atoms with Gasteiger partial charge in [0.05, 0.1) is 0 Å². The van der Waals surface area contributed by atoms with Crippen LogP contribution in [0.25, 0.3) is 11.1 Å². The normalized spacial score (nSPS) is 10.5. The summed E-state index contributed by atoms with van der Waals surface area (Å²) in [6, 6.07) is 11.9. The molecule has 0 aliphatic carbocycles. The molecule has 82 valence electrons. The first-order valence-electron chi connectivity index (χ1n) is 5.10. The largest absolute Gasteiger partial charge is 0.0843 e. The smallest absolute Gasteiger partial charge is 0.0484 e. The van der Waals surface area contributed by atoms with Gasteiger partial charge in [0, 0.05) is 15.6 Å². The van der Waals surface area contributed by atoms with Crippen molar-refractivity contribution in [1.29, 1.82) is 0 Å². The molecule has 0 unspecified atom stereocenters. The summed E-state index contributed by atoms with van der Waals surface area (Å²) in [6.45, 7) is 4.12. The highest BCUT2D eigenvalue weighted by Gasteiger charge is 2.07. The molecule has 16 heavy (non-hydrogen) atoms. The van der Waals surface area contributed by atoms with Gasteiger partial charge in [0.25, 0.3) is 0 Å². The molecule has 0 aliphatic heterocycles. The molecule has 2 heteroatoms. The lowest BCUT2D eigenvalue weighted by molar-refractivity contribution is 1.42. The number of hydrogen-bond donors (Lipinski definition) is 0. The maximum Gasteiger partial charge on any atom is 0.0484 e. The van der Waals surface area contributed by atoms with Gasteiger partial charge in [-0.3, -0.25) is 0 Å².